The van der Waals surface area contributed by atoms with E-state index in [0.29, 0.717) is 36.8 Å². The summed E-state index contributed by atoms with van der Waals surface area (Å²) < 4.78 is 10.5. The molecule has 0 saturated heterocycles. The molecule has 0 atom stereocenters. The lowest BCUT2D eigenvalue weighted by Crippen LogP contribution is -2.33. The summed E-state index contributed by atoms with van der Waals surface area (Å²) in [5.74, 6) is 0.0165. The topological polar surface area (TPSA) is 86.5 Å². The van der Waals surface area contributed by atoms with Gasteiger partial charge in [-0.3, -0.25) is 0 Å². The zero-order chi connectivity index (χ0) is 15.2. The molecule has 0 aliphatic carbocycles. The number of ether oxygens (including phenoxy) is 2. The molecule has 20 heavy (non-hydrogen) atoms. The molecule has 0 spiro atoms. The number of nitrogen functional groups attached to an aromatic ring is 1. The van der Waals surface area contributed by atoms with Gasteiger partial charge in [0.25, 0.3) is 0 Å². The van der Waals surface area contributed by atoms with E-state index >= 15 is 0 Å². The third kappa shape index (κ3) is 4.38. The van der Waals surface area contributed by atoms with Crippen molar-refractivity contribution in [3.8, 4) is 0 Å². The van der Waals surface area contributed by atoms with Crippen LogP contribution in [0.3, 0.4) is 0 Å². The SMILES string of the molecule is CCOC(=O)c1ccnc(NCC(C)(C)OCC)c1N. The van der Waals surface area contributed by atoms with E-state index in [1.165, 1.54) is 6.20 Å². The summed E-state index contributed by atoms with van der Waals surface area (Å²) in [6, 6.07) is 1.55. The van der Waals surface area contributed by atoms with Crippen LogP contribution in [0, 0.1) is 0 Å². The summed E-state index contributed by atoms with van der Waals surface area (Å²) >= 11 is 0. The Bertz CT molecular complexity index is 461. The largest absolute Gasteiger partial charge is 0.462 e. The summed E-state index contributed by atoms with van der Waals surface area (Å²) in [5, 5.41) is 3.11. The third-order valence-electron chi connectivity index (χ3n) is 2.70. The number of hydrogen-bond acceptors (Lipinski definition) is 6. The molecule has 1 aromatic rings. The molecule has 0 aliphatic heterocycles. The Labute approximate surface area is 119 Å². The molecule has 112 valence electrons. The second-order valence-electron chi connectivity index (χ2n) is 4.89. The lowest BCUT2D eigenvalue weighted by Gasteiger charge is -2.25. The molecule has 0 aromatic carbocycles. The van der Waals surface area contributed by atoms with Crippen LogP contribution in [0.5, 0.6) is 0 Å². The van der Waals surface area contributed by atoms with E-state index in [2.05, 4.69) is 10.3 Å². The normalized spacial score (nSPS) is 11.2. The van der Waals surface area contributed by atoms with E-state index in [1.54, 1.807) is 13.0 Å². The molecule has 0 aliphatic rings. The van der Waals surface area contributed by atoms with Crippen molar-refractivity contribution in [2.75, 3.05) is 30.8 Å². The fourth-order valence-corrected chi connectivity index (χ4v) is 1.74. The Balaban J connectivity index is 2.82. The third-order valence-corrected chi connectivity index (χ3v) is 2.70. The van der Waals surface area contributed by atoms with Crippen LogP contribution in [0.4, 0.5) is 11.5 Å². The number of pyridine rings is 1. The number of esters is 1. The number of nitrogens with two attached hydrogens (primary N) is 1. The summed E-state index contributed by atoms with van der Waals surface area (Å²) in [6.07, 6.45) is 1.53. The monoisotopic (exact) mass is 281 g/mol. The fraction of sp³-hybridized carbons (Fsp3) is 0.571. The van der Waals surface area contributed by atoms with E-state index in [0.717, 1.165) is 0 Å². The van der Waals surface area contributed by atoms with Crippen LogP contribution in [0.15, 0.2) is 12.3 Å². The maximum absolute atomic E-state index is 11.7. The Morgan fingerprint density at radius 3 is 2.70 bits per heavy atom. The van der Waals surface area contributed by atoms with Gasteiger partial charge < -0.3 is 20.5 Å². The first-order valence-corrected chi connectivity index (χ1v) is 6.70. The maximum atomic E-state index is 11.7. The molecule has 0 bridgehead atoms. The van der Waals surface area contributed by atoms with Gasteiger partial charge in [0.05, 0.1) is 23.5 Å². The summed E-state index contributed by atoms with van der Waals surface area (Å²) in [7, 11) is 0. The van der Waals surface area contributed by atoms with Crippen LogP contribution < -0.4 is 11.1 Å². The highest BCUT2D eigenvalue weighted by molar-refractivity contribution is 5.97. The van der Waals surface area contributed by atoms with Crippen molar-refractivity contribution < 1.29 is 14.3 Å². The number of carbonyl (C=O) groups is 1. The van der Waals surface area contributed by atoms with Crippen molar-refractivity contribution in [2.45, 2.75) is 33.3 Å². The number of hydrogen-bond donors (Lipinski definition) is 2. The molecule has 0 unspecified atom stereocenters. The molecule has 0 amide bonds. The predicted octanol–water partition coefficient (Wildman–Crippen LogP) is 2.07. The number of nitrogens with zero attached hydrogens (tertiary/aromatic N) is 1. The van der Waals surface area contributed by atoms with Crippen molar-refractivity contribution in [1.29, 1.82) is 0 Å². The molecule has 6 nitrogen and oxygen atoms in total. The summed E-state index contributed by atoms with van der Waals surface area (Å²) in [5.41, 5.74) is 6.21. The number of carbonyl (C=O) groups excluding carboxylic acids is 1. The quantitative estimate of drug-likeness (QED) is 0.744. The van der Waals surface area contributed by atoms with Gasteiger partial charge in [-0.05, 0) is 33.8 Å². The minimum atomic E-state index is -0.445. The Morgan fingerprint density at radius 2 is 2.10 bits per heavy atom. The van der Waals surface area contributed by atoms with Gasteiger partial charge in [0.15, 0.2) is 0 Å². The lowest BCUT2D eigenvalue weighted by molar-refractivity contribution is 0.000653. The molecular weight excluding hydrogens is 258 g/mol. The fourth-order valence-electron chi connectivity index (χ4n) is 1.74. The number of aromatic nitrogens is 1. The first kappa shape index (κ1) is 16.2. The molecule has 0 radical (unpaired) electrons. The Morgan fingerprint density at radius 1 is 1.40 bits per heavy atom. The first-order valence-electron chi connectivity index (χ1n) is 6.70. The van der Waals surface area contributed by atoms with Crippen LogP contribution in [0.1, 0.15) is 38.1 Å². The van der Waals surface area contributed by atoms with Gasteiger partial charge in [-0.15, -0.1) is 0 Å². The van der Waals surface area contributed by atoms with E-state index in [1.807, 2.05) is 20.8 Å². The summed E-state index contributed by atoms with van der Waals surface area (Å²) in [4.78, 5) is 15.9. The van der Waals surface area contributed by atoms with Crippen molar-refractivity contribution >= 4 is 17.5 Å². The molecule has 3 N–H and O–H groups in total. The molecular formula is C14H23N3O3. The van der Waals surface area contributed by atoms with Gasteiger partial charge in [-0.2, -0.15) is 0 Å². The first-order chi connectivity index (χ1) is 9.41. The molecule has 6 heteroatoms. The zero-order valence-electron chi connectivity index (χ0n) is 12.5. The van der Waals surface area contributed by atoms with Gasteiger partial charge in [0.2, 0.25) is 0 Å². The van der Waals surface area contributed by atoms with Gasteiger partial charge in [0, 0.05) is 19.3 Å². The van der Waals surface area contributed by atoms with Gasteiger partial charge >= 0.3 is 5.97 Å². The highest BCUT2D eigenvalue weighted by atomic mass is 16.5. The van der Waals surface area contributed by atoms with Crippen molar-refractivity contribution in [2.24, 2.45) is 0 Å². The van der Waals surface area contributed by atoms with Gasteiger partial charge in [-0.1, -0.05) is 0 Å². The average Bonchev–Trinajstić information content (AvgIpc) is 2.37. The Kier molecular flexibility index (Phi) is 5.76. The van der Waals surface area contributed by atoms with E-state index in [4.69, 9.17) is 15.2 Å². The van der Waals surface area contributed by atoms with Crippen LogP contribution in [-0.4, -0.2) is 36.3 Å². The standard InChI is InChI=1S/C14H23N3O3/c1-5-19-13(18)10-7-8-16-12(11(10)15)17-9-14(3,4)20-6-2/h7-8H,5-6,9,15H2,1-4H3,(H,16,17). The average molecular weight is 281 g/mol. The second kappa shape index (κ2) is 7.09. The van der Waals surface area contributed by atoms with Crippen LogP contribution >= 0.6 is 0 Å². The highest BCUT2D eigenvalue weighted by Crippen LogP contribution is 2.22. The number of rotatable bonds is 7. The number of nitrogens with one attached hydrogen (secondary N) is 1. The Hall–Kier alpha value is -1.82. The smallest absolute Gasteiger partial charge is 0.340 e. The zero-order valence-corrected chi connectivity index (χ0v) is 12.5. The molecule has 1 heterocycles. The molecule has 0 saturated carbocycles. The van der Waals surface area contributed by atoms with Gasteiger partial charge in [0.1, 0.15) is 5.82 Å². The van der Waals surface area contributed by atoms with Gasteiger partial charge in [-0.25, -0.2) is 9.78 Å². The number of anilines is 2. The minimum Gasteiger partial charge on any atom is -0.462 e. The molecule has 0 fully saturated rings. The summed E-state index contributed by atoms with van der Waals surface area (Å²) in [6.45, 7) is 9.09. The van der Waals surface area contributed by atoms with E-state index in [9.17, 15) is 4.79 Å². The van der Waals surface area contributed by atoms with E-state index < -0.39 is 5.97 Å². The minimum absolute atomic E-state index is 0.290. The van der Waals surface area contributed by atoms with Crippen LogP contribution in [-0.2, 0) is 9.47 Å². The van der Waals surface area contributed by atoms with E-state index in [-0.39, 0.29) is 5.60 Å². The molecule has 1 rings (SSSR count). The lowest BCUT2D eigenvalue weighted by atomic mass is 10.1. The van der Waals surface area contributed by atoms with Crippen LogP contribution in [0.25, 0.3) is 0 Å². The highest BCUT2D eigenvalue weighted by Gasteiger charge is 2.19. The van der Waals surface area contributed by atoms with Crippen molar-refractivity contribution in [3.05, 3.63) is 17.8 Å². The molecule has 1 aromatic heterocycles. The predicted molar refractivity (Wildman–Crippen MR) is 78.8 cm³/mol. The second-order valence-corrected chi connectivity index (χ2v) is 4.89. The van der Waals surface area contributed by atoms with Crippen molar-refractivity contribution in [3.63, 3.8) is 0 Å². The van der Waals surface area contributed by atoms with Crippen molar-refractivity contribution in [1.82, 2.24) is 4.98 Å². The van der Waals surface area contributed by atoms with Crippen LogP contribution in [0.2, 0.25) is 0 Å². The maximum Gasteiger partial charge on any atom is 0.340 e.